The molecule has 0 spiro atoms. The highest BCUT2D eigenvalue weighted by molar-refractivity contribution is 6.07. The molecule has 0 aliphatic heterocycles. The van der Waals surface area contributed by atoms with Gasteiger partial charge >= 0.3 is 12.0 Å². The van der Waals surface area contributed by atoms with Gasteiger partial charge in [0, 0.05) is 17.7 Å². The second-order valence-corrected chi connectivity index (χ2v) is 3.62. The number of nitrogens with one attached hydrogen (secondary N) is 2. The summed E-state index contributed by atoms with van der Waals surface area (Å²) in [5.74, 6) is -1.89. The van der Waals surface area contributed by atoms with Crippen LogP contribution in [0.2, 0.25) is 0 Å². The Hall–Kier alpha value is -2.11. The molecular formula is C12H18N2O4. The second-order valence-electron chi connectivity index (χ2n) is 3.62. The van der Waals surface area contributed by atoms with Gasteiger partial charge in [0.05, 0.1) is 0 Å². The first-order valence-electron chi connectivity index (χ1n) is 5.51. The van der Waals surface area contributed by atoms with Crippen LogP contribution in [0.15, 0.2) is 23.3 Å². The van der Waals surface area contributed by atoms with Crippen molar-refractivity contribution >= 4 is 17.9 Å². The largest absolute Gasteiger partial charge is 0.478 e. The third-order valence-electron chi connectivity index (χ3n) is 2.28. The Morgan fingerprint density at radius 3 is 2.28 bits per heavy atom. The summed E-state index contributed by atoms with van der Waals surface area (Å²) in [5, 5.41) is 13.2. The van der Waals surface area contributed by atoms with E-state index in [-0.39, 0.29) is 11.1 Å². The highest BCUT2D eigenvalue weighted by Gasteiger charge is 2.14. The van der Waals surface area contributed by atoms with E-state index in [2.05, 4.69) is 10.6 Å². The van der Waals surface area contributed by atoms with Gasteiger partial charge in [-0.05, 0) is 27.2 Å². The van der Waals surface area contributed by atoms with E-state index >= 15 is 0 Å². The molecule has 0 aliphatic rings. The summed E-state index contributed by atoms with van der Waals surface area (Å²) < 4.78 is 0. The number of imide groups is 1. The lowest BCUT2D eigenvalue weighted by molar-refractivity contribution is -0.133. The first kappa shape index (κ1) is 15.9. The van der Waals surface area contributed by atoms with Gasteiger partial charge in [-0.3, -0.25) is 10.1 Å². The van der Waals surface area contributed by atoms with Crippen molar-refractivity contribution in [3.05, 3.63) is 23.3 Å². The molecule has 3 N–H and O–H groups in total. The van der Waals surface area contributed by atoms with E-state index in [0.717, 1.165) is 0 Å². The summed E-state index contributed by atoms with van der Waals surface area (Å²) in [4.78, 5) is 33.4. The van der Waals surface area contributed by atoms with Crippen molar-refractivity contribution in [1.29, 1.82) is 0 Å². The normalized spacial score (nSPS) is 11.9. The van der Waals surface area contributed by atoms with E-state index in [9.17, 15) is 14.4 Å². The highest BCUT2D eigenvalue weighted by atomic mass is 16.4. The number of carbonyl (C=O) groups excluding carboxylic acids is 2. The lowest BCUT2D eigenvalue weighted by atomic mass is 10.1. The van der Waals surface area contributed by atoms with E-state index in [1.54, 1.807) is 0 Å². The molecule has 18 heavy (non-hydrogen) atoms. The minimum atomic E-state index is -1.18. The molecule has 0 saturated carbocycles. The second kappa shape index (κ2) is 8.05. The fourth-order valence-corrected chi connectivity index (χ4v) is 1.01. The molecule has 0 atom stereocenters. The van der Waals surface area contributed by atoms with E-state index < -0.39 is 17.9 Å². The van der Waals surface area contributed by atoms with Gasteiger partial charge in [0.1, 0.15) is 0 Å². The summed E-state index contributed by atoms with van der Waals surface area (Å²) in [6, 6.07) is -0.637. The van der Waals surface area contributed by atoms with Crippen molar-refractivity contribution in [3.8, 4) is 0 Å². The number of aliphatic carboxylic acids is 1. The van der Waals surface area contributed by atoms with E-state index in [1.807, 2.05) is 19.1 Å². The maximum Gasteiger partial charge on any atom is 0.331 e. The SMILES string of the molecule is C/C=C/CCNC(=O)NC(=O)/C(C)=C(/C)C(=O)O. The van der Waals surface area contributed by atoms with Crippen LogP contribution in [0.25, 0.3) is 0 Å². The third-order valence-corrected chi connectivity index (χ3v) is 2.28. The Bertz CT molecular complexity index is 397. The average Bonchev–Trinajstić information content (AvgIpc) is 2.32. The van der Waals surface area contributed by atoms with Crippen molar-refractivity contribution in [2.24, 2.45) is 0 Å². The number of carboxylic acids is 1. The zero-order chi connectivity index (χ0) is 14.1. The summed E-state index contributed by atoms with van der Waals surface area (Å²) in [6.07, 6.45) is 4.40. The van der Waals surface area contributed by atoms with Crippen LogP contribution in [0.4, 0.5) is 4.79 Å². The van der Waals surface area contributed by atoms with Gasteiger partial charge in [0.25, 0.3) is 5.91 Å². The van der Waals surface area contributed by atoms with Crippen molar-refractivity contribution in [3.63, 3.8) is 0 Å². The minimum Gasteiger partial charge on any atom is -0.478 e. The Balaban J connectivity index is 4.28. The number of allylic oxidation sites excluding steroid dienone is 1. The van der Waals surface area contributed by atoms with Crippen LogP contribution in [-0.4, -0.2) is 29.6 Å². The van der Waals surface area contributed by atoms with Crippen LogP contribution < -0.4 is 10.6 Å². The first-order valence-corrected chi connectivity index (χ1v) is 5.51. The maximum absolute atomic E-state index is 11.5. The molecule has 0 radical (unpaired) electrons. The van der Waals surface area contributed by atoms with E-state index in [4.69, 9.17) is 5.11 Å². The molecule has 6 heteroatoms. The molecule has 100 valence electrons. The Kier molecular flexibility index (Phi) is 7.11. The van der Waals surface area contributed by atoms with E-state index in [1.165, 1.54) is 13.8 Å². The molecule has 0 bridgehead atoms. The molecule has 0 aromatic heterocycles. The topological polar surface area (TPSA) is 95.5 Å². The highest BCUT2D eigenvalue weighted by Crippen LogP contribution is 2.03. The number of hydrogen-bond donors (Lipinski definition) is 3. The smallest absolute Gasteiger partial charge is 0.331 e. The van der Waals surface area contributed by atoms with Crippen molar-refractivity contribution in [2.75, 3.05) is 6.54 Å². The average molecular weight is 254 g/mol. The Labute approximate surface area is 106 Å². The van der Waals surface area contributed by atoms with Gasteiger partial charge in [0.15, 0.2) is 0 Å². The fourth-order valence-electron chi connectivity index (χ4n) is 1.01. The molecule has 3 amide bonds. The molecule has 6 nitrogen and oxygen atoms in total. The van der Waals surface area contributed by atoms with Gasteiger partial charge in [0.2, 0.25) is 0 Å². The molecular weight excluding hydrogens is 236 g/mol. The van der Waals surface area contributed by atoms with Gasteiger partial charge in [-0.15, -0.1) is 0 Å². The van der Waals surface area contributed by atoms with Crippen LogP contribution >= 0.6 is 0 Å². The molecule has 0 unspecified atom stereocenters. The summed E-state index contributed by atoms with van der Waals surface area (Å²) >= 11 is 0. The van der Waals surface area contributed by atoms with Gasteiger partial charge < -0.3 is 10.4 Å². The van der Waals surface area contributed by atoms with Crippen molar-refractivity contribution < 1.29 is 19.5 Å². The summed E-state index contributed by atoms with van der Waals surface area (Å²) in [6.45, 7) is 4.93. The predicted molar refractivity (Wildman–Crippen MR) is 67.0 cm³/mol. The minimum absolute atomic E-state index is 0.00565. The van der Waals surface area contributed by atoms with Gasteiger partial charge in [-0.25, -0.2) is 9.59 Å². The quantitative estimate of drug-likeness (QED) is 0.390. The van der Waals surface area contributed by atoms with Crippen molar-refractivity contribution in [2.45, 2.75) is 27.2 Å². The lowest BCUT2D eigenvalue weighted by Crippen LogP contribution is -2.40. The summed E-state index contributed by atoms with van der Waals surface area (Å²) in [5.41, 5.74) is -0.0830. The van der Waals surface area contributed by atoms with Crippen LogP contribution in [0.1, 0.15) is 27.2 Å². The molecule has 0 heterocycles. The number of urea groups is 1. The van der Waals surface area contributed by atoms with Crippen LogP contribution in [0, 0.1) is 0 Å². The lowest BCUT2D eigenvalue weighted by Gasteiger charge is -2.06. The number of amides is 3. The van der Waals surface area contributed by atoms with Crippen LogP contribution in [0.3, 0.4) is 0 Å². The Morgan fingerprint density at radius 1 is 1.17 bits per heavy atom. The zero-order valence-electron chi connectivity index (χ0n) is 10.7. The monoisotopic (exact) mass is 254 g/mol. The number of carboxylic acid groups (broad SMARTS) is 1. The fraction of sp³-hybridized carbons (Fsp3) is 0.417. The van der Waals surface area contributed by atoms with Crippen molar-refractivity contribution in [1.82, 2.24) is 10.6 Å². The van der Waals surface area contributed by atoms with Crippen LogP contribution in [0.5, 0.6) is 0 Å². The molecule has 0 fully saturated rings. The first-order chi connectivity index (χ1) is 8.40. The maximum atomic E-state index is 11.5. The third kappa shape index (κ3) is 5.83. The predicted octanol–water partition coefficient (Wildman–Crippen LogP) is 1.20. The molecule has 0 rings (SSSR count). The molecule has 0 aromatic rings. The number of carbonyl (C=O) groups is 3. The standard InChI is InChI=1S/C12H18N2O4/c1-4-5-6-7-13-12(18)14-10(15)8(2)9(3)11(16)17/h4-5H,6-7H2,1-3H3,(H,16,17)(H2,13,14,15,18)/b5-4+,9-8-. The van der Waals surface area contributed by atoms with Gasteiger partial charge in [-0.1, -0.05) is 12.2 Å². The van der Waals surface area contributed by atoms with Crippen LogP contribution in [-0.2, 0) is 9.59 Å². The summed E-state index contributed by atoms with van der Waals surface area (Å²) in [7, 11) is 0. The molecule has 0 saturated heterocycles. The molecule has 0 aromatic carbocycles. The van der Waals surface area contributed by atoms with Gasteiger partial charge in [-0.2, -0.15) is 0 Å². The Morgan fingerprint density at radius 2 is 1.78 bits per heavy atom. The zero-order valence-corrected chi connectivity index (χ0v) is 10.7. The number of hydrogen-bond acceptors (Lipinski definition) is 3. The number of rotatable bonds is 5. The van der Waals surface area contributed by atoms with E-state index in [0.29, 0.717) is 13.0 Å². The molecule has 0 aliphatic carbocycles.